The first kappa shape index (κ1) is 14.1. The molecule has 5 heteroatoms. The molecule has 3 rings (SSSR count). The predicted molar refractivity (Wildman–Crippen MR) is 84.3 cm³/mol. The van der Waals surface area contributed by atoms with E-state index in [0.29, 0.717) is 6.54 Å². The molecule has 0 aromatic carbocycles. The van der Waals surface area contributed by atoms with Crippen LogP contribution in [0, 0.1) is 0 Å². The summed E-state index contributed by atoms with van der Waals surface area (Å²) in [7, 11) is 0. The third-order valence-electron chi connectivity index (χ3n) is 3.83. The molecule has 0 radical (unpaired) electrons. The van der Waals surface area contributed by atoms with Gasteiger partial charge in [0.15, 0.2) is 0 Å². The topological polar surface area (TPSA) is 45.2 Å². The Kier molecular flexibility index (Phi) is 4.50. The Labute approximate surface area is 128 Å². The molecule has 3 heterocycles. The molecule has 1 aliphatic heterocycles. The van der Waals surface area contributed by atoms with Crippen molar-refractivity contribution < 1.29 is 4.79 Å². The number of hydrogen-bond acceptors (Lipinski definition) is 3. The number of pyridine rings is 1. The quantitative estimate of drug-likeness (QED) is 0.942. The molecule has 1 N–H and O–H groups in total. The van der Waals surface area contributed by atoms with Gasteiger partial charge >= 0.3 is 6.03 Å². The fraction of sp³-hybridized carbons (Fsp3) is 0.375. The van der Waals surface area contributed by atoms with Gasteiger partial charge in [0.25, 0.3) is 0 Å². The molecule has 1 saturated heterocycles. The van der Waals surface area contributed by atoms with Gasteiger partial charge in [0.2, 0.25) is 0 Å². The molecule has 4 nitrogen and oxygen atoms in total. The Hall–Kier alpha value is -1.88. The third-order valence-corrected chi connectivity index (χ3v) is 4.53. The van der Waals surface area contributed by atoms with E-state index < -0.39 is 0 Å². The molecule has 1 aliphatic rings. The SMILES string of the molecule is O=C(NCCc1ccccn1)N1CCC[C@H]1c1ccsc1. The average molecular weight is 301 g/mol. The lowest BCUT2D eigenvalue weighted by molar-refractivity contribution is 0.193. The van der Waals surface area contributed by atoms with E-state index in [1.165, 1.54) is 5.56 Å². The first-order chi connectivity index (χ1) is 10.3. The van der Waals surface area contributed by atoms with Gasteiger partial charge in [0.05, 0.1) is 6.04 Å². The van der Waals surface area contributed by atoms with Crippen LogP contribution in [0.1, 0.15) is 30.1 Å². The summed E-state index contributed by atoms with van der Waals surface area (Å²) in [6, 6.07) is 8.26. The minimum atomic E-state index is 0.0413. The fourth-order valence-electron chi connectivity index (χ4n) is 2.77. The van der Waals surface area contributed by atoms with Crippen molar-refractivity contribution in [1.82, 2.24) is 15.2 Å². The van der Waals surface area contributed by atoms with Crippen LogP contribution in [0.5, 0.6) is 0 Å². The summed E-state index contributed by atoms with van der Waals surface area (Å²) in [6.45, 7) is 1.47. The zero-order chi connectivity index (χ0) is 14.5. The van der Waals surface area contributed by atoms with Crippen molar-refractivity contribution in [3.05, 3.63) is 52.5 Å². The highest BCUT2D eigenvalue weighted by Gasteiger charge is 2.29. The van der Waals surface area contributed by atoms with Crippen molar-refractivity contribution in [3.63, 3.8) is 0 Å². The Balaban J connectivity index is 1.53. The average Bonchev–Trinajstić information content (AvgIpc) is 3.19. The van der Waals surface area contributed by atoms with Crippen molar-refractivity contribution in [3.8, 4) is 0 Å². The van der Waals surface area contributed by atoms with Gasteiger partial charge in [-0.2, -0.15) is 11.3 Å². The van der Waals surface area contributed by atoms with Crippen LogP contribution < -0.4 is 5.32 Å². The minimum absolute atomic E-state index is 0.0413. The van der Waals surface area contributed by atoms with Gasteiger partial charge in [0.1, 0.15) is 0 Å². The first-order valence-electron chi connectivity index (χ1n) is 7.31. The lowest BCUT2D eigenvalue weighted by Crippen LogP contribution is -2.40. The molecule has 1 fully saturated rings. The number of nitrogens with zero attached hydrogens (tertiary/aromatic N) is 2. The van der Waals surface area contributed by atoms with Gasteiger partial charge in [0, 0.05) is 31.4 Å². The fourth-order valence-corrected chi connectivity index (χ4v) is 3.47. The van der Waals surface area contributed by atoms with Gasteiger partial charge in [-0.3, -0.25) is 4.98 Å². The number of urea groups is 1. The zero-order valence-corrected chi connectivity index (χ0v) is 12.7. The second-order valence-electron chi connectivity index (χ2n) is 5.21. The zero-order valence-electron chi connectivity index (χ0n) is 11.9. The summed E-state index contributed by atoms with van der Waals surface area (Å²) in [5.41, 5.74) is 2.27. The van der Waals surface area contributed by atoms with Gasteiger partial charge in [-0.15, -0.1) is 0 Å². The highest BCUT2D eigenvalue weighted by molar-refractivity contribution is 7.07. The maximum absolute atomic E-state index is 12.3. The van der Waals surface area contributed by atoms with Crippen molar-refractivity contribution in [1.29, 1.82) is 0 Å². The Morgan fingerprint density at radius 3 is 3.14 bits per heavy atom. The summed E-state index contributed by atoms with van der Waals surface area (Å²) in [6.07, 6.45) is 4.69. The van der Waals surface area contributed by atoms with Gasteiger partial charge in [-0.1, -0.05) is 6.07 Å². The van der Waals surface area contributed by atoms with Crippen molar-refractivity contribution in [2.24, 2.45) is 0 Å². The molecule has 0 aliphatic carbocycles. The minimum Gasteiger partial charge on any atom is -0.338 e. The Morgan fingerprint density at radius 2 is 2.38 bits per heavy atom. The molecule has 2 aromatic rings. The van der Waals surface area contributed by atoms with Crippen LogP contribution >= 0.6 is 11.3 Å². The van der Waals surface area contributed by atoms with E-state index in [9.17, 15) is 4.79 Å². The second kappa shape index (κ2) is 6.72. The third kappa shape index (κ3) is 3.42. The molecule has 110 valence electrons. The maximum atomic E-state index is 12.3. The summed E-state index contributed by atoms with van der Waals surface area (Å²) in [5.74, 6) is 0. The summed E-state index contributed by atoms with van der Waals surface area (Å²) in [5, 5.41) is 7.23. The lowest BCUT2D eigenvalue weighted by Gasteiger charge is -2.24. The standard InChI is InChI=1S/C16H19N3OS/c20-16(18-9-6-14-4-1-2-8-17-14)19-10-3-5-15(19)13-7-11-21-12-13/h1-2,4,7-8,11-12,15H,3,5-6,9-10H2,(H,18,20)/t15-/m0/s1. The highest BCUT2D eigenvalue weighted by atomic mass is 32.1. The molecule has 0 unspecified atom stereocenters. The number of hydrogen-bond donors (Lipinski definition) is 1. The Morgan fingerprint density at radius 1 is 1.43 bits per heavy atom. The van der Waals surface area contributed by atoms with Crippen molar-refractivity contribution in [2.45, 2.75) is 25.3 Å². The smallest absolute Gasteiger partial charge is 0.317 e. The molecule has 1 atom stereocenters. The molecule has 2 aromatic heterocycles. The van der Waals surface area contributed by atoms with Crippen molar-refractivity contribution in [2.75, 3.05) is 13.1 Å². The van der Waals surface area contributed by atoms with Crippen LogP contribution in [0.2, 0.25) is 0 Å². The van der Waals surface area contributed by atoms with E-state index in [0.717, 1.165) is 31.5 Å². The number of carbonyl (C=O) groups is 1. The van der Waals surface area contributed by atoms with Crippen LogP contribution in [0.25, 0.3) is 0 Å². The Bertz CT molecular complexity index is 570. The van der Waals surface area contributed by atoms with Gasteiger partial charge < -0.3 is 10.2 Å². The van der Waals surface area contributed by atoms with E-state index >= 15 is 0 Å². The second-order valence-corrected chi connectivity index (χ2v) is 5.99. The monoisotopic (exact) mass is 301 g/mol. The lowest BCUT2D eigenvalue weighted by atomic mass is 10.1. The van der Waals surface area contributed by atoms with Crippen molar-refractivity contribution >= 4 is 17.4 Å². The predicted octanol–water partition coefficient (Wildman–Crippen LogP) is 3.23. The molecule has 2 amide bonds. The number of aromatic nitrogens is 1. The molecule has 21 heavy (non-hydrogen) atoms. The number of thiophene rings is 1. The molecule has 0 spiro atoms. The van der Waals surface area contributed by atoms with Crippen LogP contribution in [-0.4, -0.2) is 29.0 Å². The van der Waals surface area contributed by atoms with E-state index in [4.69, 9.17) is 0 Å². The number of carbonyl (C=O) groups excluding carboxylic acids is 1. The summed E-state index contributed by atoms with van der Waals surface area (Å²) < 4.78 is 0. The molecular formula is C16H19N3OS. The van der Waals surface area contributed by atoms with E-state index in [1.54, 1.807) is 17.5 Å². The molecule has 0 saturated carbocycles. The van der Waals surface area contributed by atoms with Crippen LogP contribution in [0.3, 0.4) is 0 Å². The highest BCUT2D eigenvalue weighted by Crippen LogP contribution is 2.32. The maximum Gasteiger partial charge on any atom is 0.317 e. The van der Waals surface area contributed by atoms with Crippen LogP contribution in [-0.2, 0) is 6.42 Å². The summed E-state index contributed by atoms with van der Waals surface area (Å²) >= 11 is 1.69. The van der Waals surface area contributed by atoms with Gasteiger partial charge in [-0.25, -0.2) is 4.79 Å². The summed E-state index contributed by atoms with van der Waals surface area (Å²) in [4.78, 5) is 18.6. The number of likely N-dealkylation sites (tertiary alicyclic amines) is 1. The largest absolute Gasteiger partial charge is 0.338 e. The van der Waals surface area contributed by atoms with Crippen LogP contribution in [0.4, 0.5) is 4.79 Å². The van der Waals surface area contributed by atoms with E-state index in [-0.39, 0.29) is 12.1 Å². The number of amides is 2. The number of rotatable bonds is 4. The first-order valence-corrected chi connectivity index (χ1v) is 8.25. The molecule has 0 bridgehead atoms. The van der Waals surface area contributed by atoms with E-state index in [2.05, 4.69) is 27.1 Å². The number of nitrogens with one attached hydrogen (secondary N) is 1. The van der Waals surface area contributed by atoms with Crippen LogP contribution in [0.15, 0.2) is 41.2 Å². The molecular weight excluding hydrogens is 282 g/mol. The van der Waals surface area contributed by atoms with E-state index in [1.807, 2.05) is 23.1 Å². The van der Waals surface area contributed by atoms with Gasteiger partial charge in [-0.05, 0) is 47.4 Å². The normalized spacial score (nSPS) is 17.9.